The summed E-state index contributed by atoms with van der Waals surface area (Å²) in [6.07, 6.45) is 3.24. The third kappa shape index (κ3) is 5.10. The van der Waals surface area contributed by atoms with Crippen molar-refractivity contribution >= 4 is 23.6 Å². The van der Waals surface area contributed by atoms with Crippen LogP contribution in [-0.2, 0) is 9.59 Å². The van der Waals surface area contributed by atoms with Crippen molar-refractivity contribution in [1.82, 2.24) is 9.80 Å². The fourth-order valence-corrected chi connectivity index (χ4v) is 3.32. The molecule has 0 spiro atoms. The third-order valence-electron chi connectivity index (χ3n) is 4.95. The number of piperazine rings is 1. The van der Waals surface area contributed by atoms with E-state index in [1.54, 1.807) is 17.1 Å². The molecule has 2 heterocycles. The lowest BCUT2D eigenvalue weighted by atomic mass is 10.1. The molecular weight excluding hydrogens is 354 g/mol. The van der Waals surface area contributed by atoms with Gasteiger partial charge >= 0.3 is 0 Å². The molecule has 0 aliphatic carbocycles. The van der Waals surface area contributed by atoms with E-state index < -0.39 is 0 Å². The number of hydrogen-bond acceptors (Lipinski definition) is 4. The summed E-state index contributed by atoms with van der Waals surface area (Å²) >= 11 is 0. The van der Waals surface area contributed by atoms with Gasteiger partial charge in [0.25, 0.3) is 0 Å². The topological polar surface area (TPSA) is 65.8 Å². The minimum Gasteiger partial charge on any atom is -0.462 e. The monoisotopic (exact) mass is 381 g/mol. The van der Waals surface area contributed by atoms with Crippen molar-refractivity contribution in [1.29, 1.82) is 0 Å². The summed E-state index contributed by atoms with van der Waals surface area (Å²) in [4.78, 5) is 28.6. The van der Waals surface area contributed by atoms with Crippen molar-refractivity contribution < 1.29 is 14.0 Å². The highest BCUT2D eigenvalue weighted by atomic mass is 16.3. The number of nitrogens with zero attached hydrogens (tertiary/aromatic N) is 2. The molecule has 0 bridgehead atoms. The number of aryl methyl sites for hydroxylation is 3. The van der Waals surface area contributed by atoms with E-state index in [2.05, 4.69) is 10.2 Å². The van der Waals surface area contributed by atoms with E-state index in [0.717, 1.165) is 22.6 Å². The summed E-state index contributed by atoms with van der Waals surface area (Å²) in [5.74, 6) is 1.44. The van der Waals surface area contributed by atoms with Gasteiger partial charge in [-0.05, 0) is 50.1 Å². The lowest BCUT2D eigenvalue weighted by Gasteiger charge is -2.33. The number of carbonyl (C=O) groups excluding carboxylic acids is 2. The zero-order valence-electron chi connectivity index (χ0n) is 16.7. The van der Waals surface area contributed by atoms with Crippen LogP contribution in [0, 0.1) is 20.8 Å². The number of carbonyl (C=O) groups is 2. The highest BCUT2D eigenvalue weighted by molar-refractivity contribution is 5.94. The van der Waals surface area contributed by atoms with Crippen LogP contribution in [0.25, 0.3) is 6.08 Å². The maximum absolute atomic E-state index is 12.4. The van der Waals surface area contributed by atoms with Gasteiger partial charge in [-0.25, -0.2) is 0 Å². The van der Waals surface area contributed by atoms with Crippen LogP contribution < -0.4 is 5.32 Å². The molecule has 2 amide bonds. The van der Waals surface area contributed by atoms with Crippen molar-refractivity contribution in [2.24, 2.45) is 0 Å². The van der Waals surface area contributed by atoms with Gasteiger partial charge in [0, 0.05) is 37.9 Å². The predicted molar refractivity (Wildman–Crippen MR) is 110 cm³/mol. The second-order valence-corrected chi connectivity index (χ2v) is 7.20. The average Bonchev–Trinajstić information content (AvgIpc) is 3.09. The lowest BCUT2D eigenvalue weighted by molar-refractivity contribution is -0.127. The molecule has 148 valence electrons. The predicted octanol–water partition coefficient (Wildman–Crippen LogP) is 3.00. The number of furan rings is 1. The molecule has 0 radical (unpaired) electrons. The van der Waals surface area contributed by atoms with Gasteiger partial charge in [0.1, 0.15) is 11.5 Å². The number of anilines is 1. The fraction of sp³-hybridized carbons (Fsp3) is 0.364. The second kappa shape index (κ2) is 8.89. The van der Waals surface area contributed by atoms with Crippen LogP contribution in [0.5, 0.6) is 0 Å². The van der Waals surface area contributed by atoms with Gasteiger partial charge in [-0.1, -0.05) is 18.2 Å². The van der Waals surface area contributed by atoms with Crippen LogP contribution >= 0.6 is 0 Å². The summed E-state index contributed by atoms with van der Waals surface area (Å²) in [7, 11) is 0. The molecule has 1 aliphatic heterocycles. The molecule has 0 saturated carbocycles. The normalized spacial score (nSPS) is 15.2. The smallest absolute Gasteiger partial charge is 0.246 e. The second-order valence-electron chi connectivity index (χ2n) is 7.20. The third-order valence-corrected chi connectivity index (χ3v) is 4.95. The Hall–Kier alpha value is -2.86. The number of amides is 2. The zero-order valence-corrected chi connectivity index (χ0v) is 16.7. The van der Waals surface area contributed by atoms with E-state index >= 15 is 0 Å². The molecule has 1 aromatic carbocycles. The van der Waals surface area contributed by atoms with Crippen molar-refractivity contribution in [3.63, 3.8) is 0 Å². The summed E-state index contributed by atoms with van der Waals surface area (Å²) < 4.78 is 5.44. The van der Waals surface area contributed by atoms with Gasteiger partial charge in [-0.2, -0.15) is 0 Å². The zero-order chi connectivity index (χ0) is 20.1. The highest BCUT2D eigenvalue weighted by Crippen LogP contribution is 2.19. The van der Waals surface area contributed by atoms with E-state index in [4.69, 9.17) is 4.42 Å². The minimum absolute atomic E-state index is 0.0229. The summed E-state index contributed by atoms with van der Waals surface area (Å²) in [6, 6.07) is 9.67. The Bertz CT molecular complexity index is 857. The van der Waals surface area contributed by atoms with Gasteiger partial charge in [-0.15, -0.1) is 0 Å². The van der Waals surface area contributed by atoms with Crippen LogP contribution in [0.15, 0.2) is 40.8 Å². The molecule has 1 aromatic heterocycles. The first-order chi connectivity index (χ1) is 13.4. The molecule has 28 heavy (non-hydrogen) atoms. The van der Waals surface area contributed by atoms with E-state index in [1.807, 2.05) is 51.1 Å². The summed E-state index contributed by atoms with van der Waals surface area (Å²) in [6.45, 7) is 8.76. The van der Waals surface area contributed by atoms with Crippen molar-refractivity contribution in [3.05, 3.63) is 59.1 Å². The van der Waals surface area contributed by atoms with Crippen molar-refractivity contribution in [2.45, 2.75) is 20.8 Å². The first-order valence-corrected chi connectivity index (χ1v) is 9.54. The molecule has 1 aliphatic rings. The minimum atomic E-state index is -0.0336. The van der Waals surface area contributed by atoms with Gasteiger partial charge in [0.05, 0.1) is 6.54 Å². The van der Waals surface area contributed by atoms with Crippen LogP contribution in [0.4, 0.5) is 5.69 Å². The summed E-state index contributed by atoms with van der Waals surface area (Å²) in [5, 5.41) is 3.02. The SMILES string of the molecule is Cc1ccc(/C=C/C(=O)N2CCN(CC(=O)Nc3c(C)cccc3C)CC2)o1. The first-order valence-electron chi connectivity index (χ1n) is 9.54. The summed E-state index contributed by atoms with van der Waals surface area (Å²) in [5.41, 5.74) is 3.00. The molecule has 0 unspecified atom stereocenters. The Balaban J connectivity index is 1.46. The first kappa shape index (κ1) is 19.9. The van der Waals surface area contributed by atoms with Crippen molar-refractivity contribution in [2.75, 3.05) is 38.0 Å². The molecule has 1 fully saturated rings. The van der Waals surface area contributed by atoms with Gasteiger partial charge < -0.3 is 14.6 Å². The van der Waals surface area contributed by atoms with Crippen LogP contribution in [0.3, 0.4) is 0 Å². The molecular formula is C22H27N3O3. The van der Waals surface area contributed by atoms with Crippen molar-refractivity contribution in [3.8, 4) is 0 Å². The largest absolute Gasteiger partial charge is 0.462 e. The number of benzene rings is 1. The number of nitrogens with one attached hydrogen (secondary N) is 1. The molecule has 2 aromatic rings. The number of rotatable bonds is 5. The van der Waals surface area contributed by atoms with E-state index in [1.165, 1.54) is 0 Å². The molecule has 6 heteroatoms. The Labute approximate surface area is 165 Å². The molecule has 6 nitrogen and oxygen atoms in total. The Morgan fingerprint density at radius 3 is 2.32 bits per heavy atom. The van der Waals surface area contributed by atoms with Gasteiger partial charge in [0.15, 0.2) is 0 Å². The number of para-hydroxylation sites is 1. The molecule has 1 saturated heterocycles. The lowest BCUT2D eigenvalue weighted by Crippen LogP contribution is -2.50. The highest BCUT2D eigenvalue weighted by Gasteiger charge is 2.21. The maximum atomic E-state index is 12.4. The van der Waals surface area contributed by atoms with Crippen LogP contribution in [-0.4, -0.2) is 54.3 Å². The van der Waals surface area contributed by atoms with Crippen LogP contribution in [0.1, 0.15) is 22.6 Å². The average molecular weight is 381 g/mol. The fourth-order valence-electron chi connectivity index (χ4n) is 3.32. The molecule has 0 atom stereocenters. The van der Waals surface area contributed by atoms with Gasteiger partial charge in [-0.3, -0.25) is 14.5 Å². The number of hydrogen-bond donors (Lipinski definition) is 1. The van der Waals surface area contributed by atoms with Gasteiger partial charge in [0.2, 0.25) is 11.8 Å². The quantitative estimate of drug-likeness (QED) is 0.809. The molecule has 3 rings (SSSR count). The Morgan fingerprint density at radius 2 is 1.71 bits per heavy atom. The maximum Gasteiger partial charge on any atom is 0.246 e. The Kier molecular flexibility index (Phi) is 6.31. The molecule has 1 N–H and O–H groups in total. The van der Waals surface area contributed by atoms with E-state index in [0.29, 0.717) is 38.5 Å². The standard InChI is InChI=1S/C22H27N3O3/c1-16-5-4-6-17(2)22(16)23-20(26)15-24-11-13-25(14-12-24)21(27)10-9-19-8-7-18(3)28-19/h4-10H,11-15H2,1-3H3,(H,23,26)/b10-9+. The van der Waals surface area contributed by atoms with E-state index in [9.17, 15) is 9.59 Å². The Morgan fingerprint density at radius 1 is 1.04 bits per heavy atom. The van der Waals surface area contributed by atoms with Crippen LogP contribution in [0.2, 0.25) is 0 Å². The van der Waals surface area contributed by atoms with E-state index in [-0.39, 0.29) is 11.8 Å².